The predicted octanol–water partition coefficient (Wildman–Crippen LogP) is 3.55. The molecule has 1 fully saturated rings. The Morgan fingerprint density at radius 3 is 2.58 bits per heavy atom. The minimum atomic E-state index is -0.188. The lowest BCUT2D eigenvalue weighted by Crippen LogP contribution is -2.54. The minimum Gasteiger partial charge on any atom is -0.368 e. The summed E-state index contributed by atoms with van der Waals surface area (Å²) in [6.07, 6.45) is 6.37. The number of hydrogen-bond donors (Lipinski definition) is 2. The molecule has 3 aromatic rings. The Labute approximate surface area is 195 Å². The molecule has 33 heavy (non-hydrogen) atoms. The van der Waals surface area contributed by atoms with E-state index >= 15 is 0 Å². The molecule has 0 aromatic carbocycles. The van der Waals surface area contributed by atoms with Crippen molar-refractivity contribution in [2.75, 3.05) is 34.8 Å². The van der Waals surface area contributed by atoms with Gasteiger partial charge in [0.2, 0.25) is 5.78 Å². The summed E-state index contributed by atoms with van der Waals surface area (Å²) in [5, 5.41) is 6.60. The number of rotatable bonds is 2. The van der Waals surface area contributed by atoms with Crippen LogP contribution >= 0.6 is 0 Å². The largest absolute Gasteiger partial charge is 0.368 e. The van der Waals surface area contributed by atoms with Crippen molar-refractivity contribution in [2.24, 2.45) is 0 Å². The summed E-state index contributed by atoms with van der Waals surface area (Å²) in [6.45, 7) is 14.7. The summed E-state index contributed by atoms with van der Waals surface area (Å²) < 4.78 is 1.83. The molecule has 0 aliphatic carbocycles. The topological polar surface area (TPSA) is 90.7 Å². The maximum absolute atomic E-state index is 13.2. The van der Waals surface area contributed by atoms with Crippen LogP contribution in [0.1, 0.15) is 44.6 Å². The van der Waals surface area contributed by atoms with E-state index in [1.165, 1.54) is 5.69 Å². The first-order chi connectivity index (χ1) is 15.9. The van der Waals surface area contributed by atoms with Gasteiger partial charge in [0.15, 0.2) is 0 Å². The Bertz CT molecular complexity index is 1150. The molecule has 0 radical (unpaired) electrons. The van der Waals surface area contributed by atoms with Gasteiger partial charge in [0.1, 0.15) is 5.82 Å². The Hall–Kier alpha value is -3.20. The number of carbonyl (C=O) groups is 1. The third-order valence-corrected chi connectivity index (χ3v) is 5.99. The molecule has 2 N–H and O–H groups in total. The molecule has 1 saturated heterocycles. The van der Waals surface area contributed by atoms with Crippen molar-refractivity contribution in [1.82, 2.24) is 24.7 Å². The second-order valence-corrected chi connectivity index (χ2v) is 8.67. The van der Waals surface area contributed by atoms with E-state index in [0.717, 1.165) is 42.3 Å². The van der Waals surface area contributed by atoms with E-state index in [1.807, 2.05) is 50.7 Å². The van der Waals surface area contributed by atoms with Crippen LogP contribution in [0.15, 0.2) is 24.7 Å². The molecule has 0 spiro atoms. The standard InChI is InChI=1S/C22H28N8O.C2H6/c1-13-9-28(10-14(2)24-13)19-5-7-23-20-17(19)6-8-30(20)22(31)27-18-12-29-11-15(3)25-21(29)26-16(18)4;1-2/h5,7,11-14,24H,6,8-10H2,1-4H3,(H,27,31);1-2H3. The van der Waals surface area contributed by atoms with Gasteiger partial charge in [-0.3, -0.25) is 9.30 Å². The van der Waals surface area contributed by atoms with Gasteiger partial charge in [0.25, 0.3) is 0 Å². The fourth-order valence-electron chi connectivity index (χ4n) is 4.72. The lowest BCUT2D eigenvalue weighted by Gasteiger charge is -2.38. The van der Waals surface area contributed by atoms with Crippen LogP contribution in [0.5, 0.6) is 0 Å². The SMILES string of the molecule is CC.Cc1cn2cc(NC(=O)N3CCc4c(N5CC(C)NC(C)C5)ccnc43)c(C)nc2n1. The van der Waals surface area contributed by atoms with Crippen LogP contribution in [0.2, 0.25) is 0 Å². The van der Waals surface area contributed by atoms with Crippen LogP contribution in [-0.4, -0.2) is 57.1 Å². The van der Waals surface area contributed by atoms with Crippen molar-refractivity contribution in [3.05, 3.63) is 41.6 Å². The molecule has 2 aliphatic rings. The van der Waals surface area contributed by atoms with Crippen molar-refractivity contribution in [1.29, 1.82) is 0 Å². The first-order valence-corrected chi connectivity index (χ1v) is 11.8. The van der Waals surface area contributed by atoms with Crippen molar-refractivity contribution < 1.29 is 4.79 Å². The Morgan fingerprint density at radius 2 is 1.85 bits per heavy atom. The zero-order valence-corrected chi connectivity index (χ0v) is 20.4. The van der Waals surface area contributed by atoms with E-state index in [0.29, 0.717) is 30.1 Å². The van der Waals surface area contributed by atoms with E-state index in [1.54, 1.807) is 4.90 Å². The van der Waals surface area contributed by atoms with Gasteiger partial charge >= 0.3 is 6.03 Å². The zero-order chi connectivity index (χ0) is 23.7. The summed E-state index contributed by atoms with van der Waals surface area (Å²) in [5.74, 6) is 1.38. The summed E-state index contributed by atoms with van der Waals surface area (Å²) >= 11 is 0. The van der Waals surface area contributed by atoms with Gasteiger partial charge in [0.05, 0.1) is 17.1 Å². The maximum atomic E-state index is 13.2. The quantitative estimate of drug-likeness (QED) is 0.621. The normalized spacial score (nSPS) is 19.8. The van der Waals surface area contributed by atoms with Crippen LogP contribution in [0.25, 0.3) is 5.78 Å². The van der Waals surface area contributed by atoms with E-state index in [9.17, 15) is 4.79 Å². The first-order valence-electron chi connectivity index (χ1n) is 11.8. The van der Waals surface area contributed by atoms with Crippen molar-refractivity contribution >= 4 is 29.0 Å². The van der Waals surface area contributed by atoms with Gasteiger partial charge in [-0.15, -0.1) is 0 Å². The summed E-state index contributed by atoms with van der Waals surface area (Å²) in [7, 11) is 0. The number of urea groups is 1. The molecule has 9 nitrogen and oxygen atoms in total. The predicted molar refractivity (Wildman–Crippen MR) is 132 cm³/mol. The number of anilines is 3. The fourth-order valence-corrected chi connectivity index (χ4v) is 4.72. The van der Waals surface area contributed by atoms with E-state index in [2.05, 4.69) is 50.4 Å². The Morgan fingerprint density at radius 1 is 1.12 bits per heavy atom. The van der Waals surface area contributed by atoms with Crippen LogP contribution in [0.4, 0.5) is 22.0 Å². The molecule has 0 bridgehead atoms. The second kappa shape index (κ2) is 9.35. The highest BCUT2D eigenvalue weighted by Gasteiger charge is 2.31. The molecule has 5 rings (SSSR count). The number of aromatic nitrogens is 4. The molecule has 176 valence electrons. The van der Waals surface area contributed by atoms with Crippen LogP contribution in [-0.2, 0) is 6.42 Å². The molecule has 3 aromatic heterocycles. The smallest absolute Gasteiger partial charge is 0.327 e. The number of carbonyl (C=O) groups excluding carboxylic acids is 1. The lowest BCUT2D eigenvalue weighted by molar-refractivity contribution is 0.257. The molecule has 0 saturated carbocycles. The number of fused-ring (bicyclic) bond motifs is 2. The number of pyridine rings is 1. The van der Waals surface area contributed by atoms with Crippen LogP contribution < -0.4 is 20.4 Å². The Balaban J connectivity index is 0.00000126. The van der Waals surface area contributed by atoms with Gasteiger partial charge in [-0.05, 0) is 40.2 Å². The number of nitrogens with zero attached hydrogens (tertiary/aromatic N) is 6. The number of piperazine rings is 1. The van der Waals surface area contributed by atoms with E-state index in [4.69, 9.17) is 0 Å². The molecular weight excluding hydrogens is 416 g/mol. The maximum Gasteiger partial charge on any atom is 0.327 e. The molecule has 9 heteroatoms. The monoisotopic (exact) mass is 450 g/mol. The molecule has 2 amide bonds. The second-order valence-electron chi connectivity index (χ2n) is 8.67. The molecular formula is C24H34N8O. The van der Waals surface area contributed by atoms with Gasteiger partial charge < -0.3 is 15.5 Å². The zero-order valence-electron chi connectivity index (χ0n) is 20.4. The average Bonchev–Trinajstić information content (AvgIpc) is 3.37. The number of nitrogens with one attached hydrogen (secondary N) is 2. The first kappa shape index (κ1) is 23.0. The summed E-state index contributed by atoms with van der Waals surface area (Å²) in [4.78, 5) is 30.7. The highest BCUT2D eigenvalue weighted by molar-refractivity contribution is 6.03. The van der Waals surface area contributed by atoms with E-state index in [-0.39, 0.29) is 6.03 Å². The van der Waals surface area contributed by atoms with Crippen molar-refractivity contribution in [3.8, 4) is 0 Å². The van der Waals surface area contributed by atoms with Gasteiger partial charge in [-0.2, -0.15) is 0 Å². The van der Waals surface area contributed by atoms with Gasteiger partial charge in [-0.25, -0.2) is 19.7 Å². The fraction of sp³-hybridized carbons (Fsp3) is 0.500. The number of hydrogen-bond acceptors (Lipinski definition) is 6. The third-order valence-electron chi connectivity index (χ3n) is 5.99. The molecule has 2 atom stereocenters. The number of imidazole rings is 1. The third kappa shape index (κ3) is 4.50. The van der Waals surface area contributed by atoms with Crippen LogP contribution in [0, 0.1) is 13.8 Å². The van der Waals surface area contributed by atoms with Gasteiger partial charge in [-0.1, -0.05) is 13.8 Å². The minimum absolute atomic E-state index is 0.188. The van der Waals surface area contributed by atoms with Crippen molar-refractivity contribution in [3.63, 3.8) is 0 Å². The number of amides is 2. The molecule has 2 unspecified atom stereocenters. The lowest BCUT2D eigenvalue weighted by atomic mass is 10.1. The van der Waals surface area contributed by atoms with Crippen LogP contribution in [0.3, 0.4) is 0 Å². The average molecular weight is 451 g/mol. The highest BCUT2D eigenvalue weighted by Crippen LogP contribution is 2.35. The summed E-state index contributed by atoms with van der Waals surface area (Å²) in [5.41, 5.74) is 4.63. The highest BCUT2D eigenvalue weighted by atomic mass is 16.2. The molecule has 5 heterocycles. The van der Waals surface area contributed by atoms with E-state index < -0.39 is 0 Å². The Kier molecular flexibility index (Phi) is 6.51. The van der Waals surface area contributed by atoms with Gasteiger partial charge in [0, 0.05) is 61.6 Å². The summed E-state index contributed by atoms with van der Waals surface area (Å²) in [6, 6.07) is 2.73. The molecule has 2 aliphatic heterocycles. The van der Waals surface area contributed by atoms with Crippen molar-refractivity contribution in [2.45, 2.75) is 60.0 Å². The number of aryl methyl sites for hydroxylation is 2.